The first kappa shape index (κ1) is 14.6. The lowest BCUT2D eigenvalue weighted by atomic mass is 10.3. The number of anilines is 3. The van der Waals surface area contributed by atoms with Crippen molar-refractivity contribution in [1.29, 1.82) is 0 Å². The molecule has 0 bridgehead atoms. The Balaban J connectivity index is 2.53. The van der Waals surface area contributed by atoms with Crippen LogP contribution in [-0.4, -0.2) is 11.7 Å². The summed E-state index contributed by atoms with van der Waals surface area (Å²) in [5, 5.41) is 2.83. The normalized spacial score (nSPS) is 10.4. The van der Waals surface area contributed by atoms with Gasteiger partial charge in [-0.25, -0.2) is 4.39 Å². The molecule has 2 aromatic rings. The molecule has 0 aliphatic heterocycles. The molecule has 0 radical (unpaired) electrons. The zero-order valence-electron chi connectivity index (χ0n) is 10.9. The summed E-state index contributed by atoms with van der Waals surface area (Å²) in [6.07, 6.45) is 0. The topological polar surface area (TPSA) is 69.3 Å². The molecule has 7 heteroatoms. The molecule has 2 rings (SSSR count). The van der Waals surface area contributed by atoms with E-state index in [4.69, 9.17) is 10.5 Å². The Morgan fingerprint density at radius 2 is 2.10 bits per heavy atom. The first-order valence-corrected chi connectivity index (χ1v) is 6.77. The number of hydrogen-bond acceptors (Lipinski definition) is 4. The van der Waals surface area contributed by atoms with Gasteiger partial charge in [0.25, 0.3) is 5.56 Å². The lowest BCUT2D eigenvalue weighted by Gasteiger charge is -2.16. The van der Waals surface area contributed by atoms with Crippen molar-refractivity contribution in [2.45, 2.75) is 0 Å². The Bertz CT molecular complexity index is 715. The average molecular weight is 389 g/mol. The van der Waals surface area contributed by atoms with E-state index in [-0.39, 0.29) is 28.5 Å². The second-order valence-corrected chi connectivity index (χ2v) is 5.37. The zero-order valence-corrected chi connectivity index (χ0v) is 13.1. The number of pyridine rings is 1. The largest absolute Gasteiger partial charge is 0.494 e. The third kappa shape index (κ3) is 2.72. The number of hydrogen-bond donors (Lipinski definition) is 2. The highest BCUT2D eigenvalue weighted by Crippen LogP contribution is 2.30. The minimum atomic E-state index is -0.424. The number of methoxy groups -OCH3 is 1. The Labute approximate surface area is 128 Å². The van der Waals surface area contributed by atoms with Crippen LogP contribution in [0, 0.1) is 9.39 Å². The third-order valence-electron chi connectivity index (χ3n) is 2.85. The number of ether oxygens (including phenoxy) is 1. The van der Waals surface area contributed by atoms with Crippen LogP contribution in [0.5, 0.6) is 5.75 Å². The van der Waals surface area contributed by atoms with Crippen LogP contribution in [-0.2, 0) is 7.05 Å². The number of nitrogens with two attached hydrogens (primary N) is 1. The van der Waals surface area contributed by atoms with Crippen molar-refractivity contribution in [3.8, 4) is 5.75 Å². The summed E-state index contributed by atoms with van der Waals surface area (Å²) in [6, 6.07) is 6.00. The van der Waals surface area contributed by atoms with E-state index in [9.17, 15) is 9.18 Å². The minimum absolute atomic E-state index is 0.236. The number of nitrogen functional groups attached to an aromatic ring is 1. The van der Waals surface area contributed by atoms with Crippen LogP contribution in [0.25, 0.3) is 0 Å². The van der Waals surface area contributed by atoms with Gasteiger partial charge < -0.3 is 15.8 Å². The maximum Gasteiger partial charge on any atom is 0.255 e. The van der Waals surface area contributed by atoms with Gasteiger partial charge in [-0.15, -0.1) is 0 Å². The molecule has 0 saturated carbocycles. The molecule has 0 fully saturated rings. The molecule has 0 aliphatic rings. The van der Waals surface area contributed by atoms with E-state index in [1.165, 1.54) is 23.8 Å². The van der Waals surface area contributed by atoms with Crippen LogP contribution in [0.4, 0.5) is 21.6 Å². The van der Waals surface area contributed by atoms with Gasteiger partial charge >= 0.3 is 0 Å². The van der Waals surface area contributed by atoms with Crippen molar-refractivity contribution in [3.05, 3.63) is 44.0 Å². The first-order valence-electron chi connectivity index (χ1n) is 5.69. The van der Waals surface area contributed by atoms with Crippen molar-refractivity contribution in [2.75, 3.05) is 18.2 Å². The van der Waals surface area contributed by atoms with Gasteiger partial charge in [-0.1, -0.05) is 0 Å². The molecule has 3 N–H and O–H groups in total. The predicted molar refractivity (Wildman–Crippen MR) is 85.0 cm³/mol. The Morgan fingerprint density at radius 3 is 2.70 bits per heavy atom. The molecule has 106 valence electrons. The monoisotopic (exact) mass is 389 g/mol. The minimum Gasteiger partial charge on any atom is -0.494 e. The van der Waals surface area contributed by atoms with E-state index in [1.807, 2.05) is 22.6 Å². The second-order valence-electron chi connectivity index (χ2n) is 4.12. The van der Waals surface area contributed by atoms with Crippen LogP contribution in [0.3, 0.4) is 0 Å². The molecule has 0 unspecified atom stereocenters. The van der Waals surface area contributed by atoms with Gasteiger partial charge in [0.05, 0.1) is 12.8 Å². The van der Waals surface area contributed by atoms with E-state index < -0.39 is 5.82 Å². The third-order valence-corrected chi connectivity index (χ3v) is 3.52. The van der Waals surface area contributed by atoms with Crippen LogP contribution < -0.4 is 21.3 Å². The molecule has 20 heavy (non-hydrogen) atoms. The molecule has 1 aromatic carbocycles. The maximum absolute atomic E-state index is 13.9. The van der Waals surface area contributed by atoms with Crippen LogP contribution in [0.15, 0.2) is 29.1 Å². The fourth-order valence-electron chi connectivity index (χ4n) is 1.73. The predicted octanol–water partition coefficient (Wildman–Crippen LogP) is 2.46. The summed E-state index contributed by atoms with van der Waals surface area (Å²) in [4.78, 5) is 11.8. The molecule has 0 aliphatic carbocycles. The molecule has 0 amide bonds. The van der Waals surface area contributed by atoms with Gasteiger partial charge in [0.1, 0.15) is 17.3 Å². The zero-order chi connectivity index (χ0) is 14.9. The quantitative estimate of drug-likeness (QED) is 0.792. The highest BCUT2D eigenvalue weighted by atomic mass is 127. The molecule has 0 spiro atoms. The summed E-state index contributed by atoms with van der Waals surface area (Å²) < 4.78 is 21.0. The van der Waals surface area contributed by atoms with Gasteiger partial charge in [0.2, 0.25) is 0 Å². The Hall–Kier alpha value is -1.77. The molecule has 5 nitrogen and oxygen atoms in total. The number of nitrogens with zero attached hydrogens (tertiary/aromatic N) is 1. The molecule has 1 heterocycles. The van der Waals surface area contributed by atoms with E-state index >= 15 is 0 Å². The Kier molecular flexibility index (Phi) is 4.17. The van der Waals surface area contributed by atoms with Crippen LogP contribution >= 0.6 is 22.6 Å². The van der Waals surface area contributed by atoms with E-state index in [0.717, 1.165) is 3.57 Å². The van der Waals surface area contributed by atoms with E-state index in [2.05, 4.69) is 5.32 Å². The summed E-state index contributed by atoms with van der Waals surface area (Å²) >= 11 is 2.02. The lowest BCUT2D eigenvalue weighted by molar-refractivity contribution is 0.415. The van der Waals surface area contributed by atoms with E-state index in [0.29, 0.717) is 0 Å². The summed E-state index contributed by atoms with van der Waals surface area (Å²) in [5.41, 5.74) is 6.10. The van der Waals surface area contributed by atoms with Crippen molar-refractivity contribution in [1.82, 2.24) is 4.57 Å². The fraction of sp³-hybridized carbons (Fsp3) is 0.154. The van der Waals surface area contributed by atoms with Crippen molar-refractivity contribution in [3.63, 3.8) is 0 Å². The number of aromatic nitrogens is 1. The van der Waals surface area contributed by atoms with Gasteiger partial charge in [0.15, 0.2) is 5.75 Å². The Morgan fingerprint density at radius 1 is 1.40 bits per heavy atom. The first-order chi connectivity index (χ1) is 9.43. The summed E-state index contributed by atoms with van der Waals surface area (Å²) in [6.45, 7) is 0. The molecule has 0 saturated heterocycles. The lowest BCUT2D eigenvalue weighted by Crippen LogP contribution is -2.21. The smallest absolute Gasteiger partial charge is 0.255 e. The molecule has 0 atom stereocenters. The summed E-state index contributed by atoms with van der Waals surface area (Å²) in [5.74, 6) is 0.113. The van der Waals surface area contributed by atoms with Crippen LogP contribution in [0.2, 0.25) is 0 Å². The highest BCUT2D eigenvalue weighted by Gasteiger charge is 2.13. The molecule has 1 aromatic heterocycles. The van der Waals surface area contributed by atoms with Gasteiger partial charge in [-0.2, -0.15) is 0 Å². The average Bonchev–Trinajstić information content (AvgIpc) is 2.41. The maximum atomic E-state index is 13.9. The molecular formula is C13H13FIN3O2. The molecular weight excluding hydrogens is 376 g/mol. The van der Waals surface area contributed by atoms with Crippen molar-refractivity contribution < 1.29 is 9.13 Å². The number of benzene rings is 1. The number of halogens is 2. The second kappa shape index (κ2) is 5.70. The SMILES string of the molecule is COc1cc(=O)n(C)c(Nc2ccc(I)cc2F)c1N. The fourth-order valence-corrected chi connectivity index (χ4v) is 2.19. The van der Waals surface area contributed by atoms with Gasteiger partial charge in [-0.3, -0.25) is 9.36 Å². The van der Waals surface area contributed by atoms with Gasteiger partial charge in [0, 0.05) is 16.7 Å². The van der Waals surface area contributed by atoms with Crippen molar-refractivity contribution >= 4 is 39.8 Å². The standard InChI is InChI=1S/C13H13FIN3O2/c1-18-11(19)6-10(20-2)12(16)13(18)17-9-4-3-7(15)5-8(9)14/h3-6,17H,16H2,1-2H3. The number of nitrogens with one attached hydrogen (secondary N) is 1. The van der Waals surface area contributed by atoms with Gasteiger partial charge in [-0.05, 0) is 40.8 Å². The summed E-state index contributed by atoms with van der Waals surface area (Å²) in [7, 11) is 2.96. The van der Waals surface area contributed by atoms with E-state index in [1.54, 1.807) is 19.2 Å². The van der Waals surface area contributed by atoms with Crippen molar-refractivity contribution in [2.24, 2.45) is 7.05 Å². The highest BCUT2D eigenvalue weighted by molar-refractivity contribution is 14.1. The number of rotatable bonds is 3. The van der Waals surface area contributed by atoms with Crippen LogP contribution in [0.1, 0.15) is 0 Å².